The van der Waals surface area contributed by atoms with Gasteiger partial charge in [-0.25, -0.2) is 8.78 Å². The maximum atomic E-state index is 13.6. The summed E-state index contributed by atoms with van der Waals surface area (Å²) in [6, 6.07) is 12.6. The molecule has 126 valence electrons. The quantitative estimate of drug-likeness (QED) is 0.645. The Balaban J connectivity index is 1.48. The number of benzene rings is 2. The van der Waals surface area contributed by atoms with Gasteiger partial charge in [0.1, 0.15) is 16.7 Å². The molecule has 0 bridgehead atoms. The van der Waals surface area contributed by atoms with Crippen LogP contribution in [-0.2, 0) is 5.75 Å². The molecule has 0 fully saturated rings. The summed E-state index contributed by atoms with van der Waals surface area (Å²) in [5, 5.41) is 8.96. The Bertz CT molecular complexity index is 919. The molecule has 0 unspecified atom stereocenters. The van der Waals surface area contributed by atoms with Gasteiger partial charge < -0.3 is 9.47 Å². The molecule has 1 aliphatic rings. The van der Waals surface area contributed by atoms with Crippen LogP contribution >= 0.6 is 11.8 Å². The maximum Gasteiger partial charge on any atom is 0.231 e. The average Bonchev–Trinajstić information content (AvgIpc) is 3.10. The van der Waals surface area contributed by atoms with Crippen molar-refractivity contribution in [3.8, 4) is 22.8 Å². The van der Waals surface area contributed by atoms with Crippen LogP contribution in [0.15, 0.2) is 53.6 Å². The summed E-state index contributed by atoms with van der Waals surface area (Å²) >= 11 is 1.30. The number of aromatic nitrogens is 2. The van der Waals surface area contributed by atoms with Crippen LogP contribution in [0.1, 0.15) is 5.56 Å². The van der Waals surface area contributed by atoms with E-state index in [9.17, 15) is 8.78 Å². The second kappa shape index (κ2) is 6.68. The predicted octanol–water partition coefficient (Wildman–Crippen LogP) is 4.44. The molecule has 0 radical (unpaired) electrons. The molecule has 1 aliphatic heterocycles. The molecule has 0 spiro atoms. The fourth-order valence-electron chi connectivity index (χ4n) is 2.41. The molecule has 4 nitrogen and oxygen atoms in total. The number of rotatable bonds is 4. The summed E-state index contributed by atoms with van der Waals surface area (Å²) in [6.07, 6.45) is 0. The van der Waals surface area contributed by atoms with Crippen molar-refractivity contribution in [2.24, 2.45) is 0 Å². The standard InChI is InChI=1S/C18H12F2N2O2S/c19-13-2-3-14(20)12(7-13)9-25-18-6-4-15(21-22-18)11-1-5-16-17(8-11)24-10-23-16/h1-8H,9-10H2. The largest absolute Gasteiger partial charge is 0.454 e. The van der Waals surface area contributed by atoms with Crippen molar-refractivity contribution in [1.82, 2.24) is 10.2 Å². The highest BCUT2D eigenvalue weighted by molar-refractivity contribution is 7.98. The van der Waals surface area contributed by atoms with Crippen LogP contribution < -0.4 is 9.47 Å². The fourth-order valence-corrected chi connectivity index (χ4v) is 3.20. The van der Waals surface area contributed by atoms with Gasteiger partial charge in [-0.3, -0.25) is 0 Å². The number of thioether (sulfide) groups is 1. The third-order valence-corrected chi connectivity index (χ3v) is 4.66. The van der Waals surface area contributed by atoms with Gasteiger partial charge in [-0.15, -0.1) is 10.2 Å². The van der Waals surface area contributed by atoms with E-state index in [0.29, 0.717) is 27.8 Å². The van der Waals surface area contributed by atoms with Crippen molar-refractivity contribution in [1.29, 1.82) is 0 Å². The summed E-state index contributed by atoms with van der Waals surface area (Å²) < 4.78 is 37.4. The van der Waals surface area contributed by atoms with Crippen molar-refractivity contribution >= 4 is 11.8 Å². The molecule has 25 heavy (non-hydrogen) atoms. The summed E-state index contributed by atoms with van der Waals surface area (Å²) in [5.41, 5.74) is 1.86. The first-order chi connectivity index (χ1) is 12.2. The van der Waals surface area contributed by atoms with Crippen LogP contribution in [0.25, 0.3) is 11.3 Å². The first-order valence-electron chi connectivity index (χ1n) is 7.49. The van der Waals surface area contributed by atoms with Crippen molar-refractivity contribution in [2.45, 2.75) is 10.8 Å². The molecular weight excluding hydrogens is 346 g/mol. The van der Waals surface area contributed by atoms with Crippen molar-refractivity contribution in [3.63, 3.8) is 0 Å². The van der Waals surface area contributed by atoms with Crippen LogP contribution in [0.2, 0.25) is 0 Å². The van der Waals surface area contributed by atoms with Gasteiger partial charge in [-0.05, 0) is 48.5 Å². The van der Waals surface area contributed by atoms with Gasteiger partial charge in [0.15, 0.2) is 11.5 Å². The number of halogens is 2. The molecule has 4 rings (SSSR count). The molecule has 0 atom stereocenters. The molecule has 3 aromatic rings. The third-order valence-electron chi connectivity index (χ3n) is 3.69. The Morgan fingerprint density at radius 3 is 2.64 bits per heavy atom. The normalized spacial score (nSPS) is 12.4. The van der Waals surface area contributed by atoms with Gasteiger partial charge in [0.2, 0.25) is 6.79 Å². The lowest BCUT2D eigenvalue weighted by molar-refractivity contribution is 0.174. The zero-order valence-electron chi connectivity index (χ0n) is 12.9. The van der Waals surface area contributed by atoms with E-state index >= 15 is 0 Å². The van der Waals surface area contributed by atoms with E-state index in [1.165, 1.54) is 17.8 Å². The Kier molecular flexibility index (Phi) is 4.23. The zero-order valence-corrected chi connectivity index (χ0v) is 13.7. The van der Waals surface area contributed by atoms with E-state index in [0.717, 1.165) is 17.7 Å². The van der Waals surface area contributed by atoms with E-state index < -0.39 is 11.6 Å². The van der Waals surface area contributed by atoms with Crippen LogP contribution in [0, 0.1) is 11.6 Å². The second-order valence-electron chi connectivity index (χ2n) is 5.35. The molecular formula is C18H12F2N2O2S. The summed E-state index contributed by atoms with van der Waals surface area (Å²) in [7, 11) is 0. The lowest BCUT2D eigenvalue weighted by Gasteiger charge is -2.05. The van der Waals surface area contributed by atoms with Crippen molar-refractivity contribution in [3.05, 3.63) is 65.7 Å². The summed E-state index contributed by atoms with van der Waals surface area (Å²) in [5.74, 6) is 0.780. The van der Waals surface area contributed by atoms with Gasteiger partial charge in [-0.2, -0.15) is 0 Å². The third kappa shape index (κ3) is 3.41. The Hall–Kier alpha value is -2.67. The Morgan fingerprint density at radius 1 is 0.920 bits per heavy atom. The van der Waals surface area contributed by atoms with Crippen LogP contribution in [0.5, 0.6) is 11.5 Å². The Labute approximate surface area is 146 Å². The average molecular weight is 358 g/mol. The van der Waals surface area contributed by atoms with E-state index in [-0.39, 0.29) is 12.5 Å². The molecule has 0 saturated carbocycles. The number of fused-ring (bicyclic) bond motifs is 1. The van der Waals surface area contributed by atoms with E-state index in [4.69, 9.17) is 9.47 Å². The fraction of sp³-hybridized carbons (Fsp3) is 0.111. The van der Waals surface area contributed by atoms with Crippen molar-refractivity contribution < 1.29 is 18.3 Å². The lowest BCUT2D eigenvalue weighted by Crippen LogP contribution is -1.93. The first kappa shape index (κ1) is 15.8. The Morgan fingerprint density at radius 2 is 1.80 bits per heavy atom. The molecule has 0 N–H and O–H groups in total. The van der Waals surface area contributed by atoms with Gasteiger partial charge in [0, 0.05) is 16.9 Å². The molecule has 0 amide bonds. The molecule has 2 aromatic carbocycles. The first-order valence-corrected chi connectivity index (χ1v) is 8.48. The van der Waals surface area contributed by atoms with Crippen molar-refractivity contribution in [2.75, 3.05) is 6.79 Å². The molecule has 0 saturated heterocycles. The van der Waals surface area contributed by atoms with E-state index in [1.807, 2.05) is 24.3 Å². The number of nitrogens with zero attached hydrogens (tertiary/aromatic N) is 2. The van der Waals surface area contributed by atoms with Gasteiger partial charge >= 0.3 is 0 Å². The highest BCUT2D eigenvalue weighted by atomic mass is 32.2. The molecule has 2 heterocycles. The molecule has 7 heteroatoms. The number of hydrogen-bond donors (Lipinski definition) is 0. The summed E-state index contributed by atoms with van der Waals surface area (Å²) in [6.45, 7) is 0.219. The predicted molar refractivity (Wildman–Crippen MR) is 89.5 cm³/mol. The van der Waals surface area contributed by atoms with Crippen LogP contribution in [-0.4, -0.2) is 17.0 Å². The van der Waals surface area contributed by atoms with E-state index in [2.05, 4.69) is 10.2 Å². The molecule has 0 aliphatic carbocycles. The lowest BCUT2D eigenvalue weighted by atomic mass is 10.1. The summed E-state index contributed by atoms with van der Waals surface area (Å²) in [4.78, 5) is 0. The number of hydrogen-bond acceptors (Lipinski definition) is 5. The smallest absolute Gasteiger partial charge is 0.231 e. The maximum absolute atomic E-state index is 13.6. The topological polar surface area (TPSA) is 44.2 Å². The number of ether oxygens (including phenoxy) is 2. The minimum absolute atomic E-state index is 0.219. The van der Waals surface area contributed by atoms with Gasteiger partial charge in [-0.1, -0.05) is 11.8 Å². The van der Waals surface area contributed by atoms with E-state index in [1.54, 1.807) is 6.07 Å². The highest BCUT2D eigenvalue weighted by Crippen LogP contribution is 2.35. The zero-order chi connectivity index (χ0) is 17.2. The monoisotopic (exact) mass is 358 g/mol. The minimum atomic E-state index is -0.457. The highest BCUT2D eigenvalue weighted by Gasteiger charge is 2.14. The minimum Gasteiger partial charge on any atom is -0.454 e. The van der Waals surface area contributed by atoms with Gasteiger partial charge in [0.25, 0.3) is 0 Å². The second-order valence-corrected chi connectivity index (χ2v) is 6.34. The SMILES string of the molecule is Fc1ccc(F)c(CSc2ccc(-c3ccc4c(c3)OCO4)nn2)c1. The molecule has 1 aromatic heterocycles. The van der Waals surface area contributed by atoms with Crippen LogP contribution in [0.4, 0.5) is 8.78 Å². The van der Waals surface area contributed by atoms with Gasteiger partial charge in [0.05, 0.1) is 5.69 Å². The van der Waals surface area contributed by atoms with Crippen LogP contribution in [0.3, 0.4) is 0 Å².